The quantitative estimate of drug-likeness (QED) is 0.801. The van der Waals surface area contributed by atoms with Crippen molar-refractivity contribution in [2.24, 2.45) is 0 Å². The normalized spacial score (nSPS) is 10.5. The number of Topliss-reactive ketones (excluding diaryl/α,β-unsaturated/α-hetero) is 1. The number of carbonyl (C=O) groups excluding carboxylic acids is 1. The molecule has 0 spiro atoms. The Bertz CT molecular complexity index is 696. The second kappa shape index (κ2) is 5.99. The molecule has 2 nitrogen and oxygen atoms in total. The minimum atomic E-state index is -0.952. The Hall–Kier alpha value is -2.30. The molecule has 0 bridgehead atoms. The van der Waals surface area contributed by atoms with E-state index in [9.17, 15) is 18.0 Å². The maximum atomic E-state index is 14.0. The summed E-state index contributed by atoms with van der Waals surface area (Å²) in [7, 11) is 1.31. The van der Waals surface area contributed by atoms with Gasteiger partial charge in [0.2, 0.25) is 0 Å². The molecule has 0 saturated heterocycles. The molecule has 2 aromatic carbocycles. The summed E-state index contributed by atoms with van der Waals surface area (Å²) in [5.41, 5.74) is 0.00251. The molecular weight excluding hydrogens is 281 g/mol. The number of benzene rings is 2. The highest BCUT2D eigenvalue weighted by Crippen LogP contribution is 2.22. The highest BCUT2D eigenvalue weighted by Gasteiger charge is 2.18. The summed E-state index contributed by atoms with van der Waals surface area (Å²) in [6, 6.07) is 6.17. The summed E-state index contributed by atoms with van der Waals surface area (Å²) in [5.74, 6) is -2.95. The maximum absolute atomic E-state index is 14.0. The number of ketones is 1. The van der Waals surface area contributed by atoms with Gasteiger partial charge in [0.15, 0.2) is 17.3 Å². The summed E-state index contributed by atoms with van der Waals surface area (Å²) in [4.78, 5) is 12.1. The first-order chi connectivity index (χ1) is 9.93. The van der Waals surface area contributed by atoms with E-state index in [0.29, 0.717) is 6.07 Å². The van der Waals surface area contributed by atoms with Crippen LogP contribution in [0.25, 0.3) is 0 Å². The zero-order valence-corrected chi connectivity index (χ0v) is 11.5. The van der Waals surface area contributed by atoms with Crippen LogP contribution < -0.4 is 4.74 Å². The summed E-state index contributed by atoms with van der Waals surface area (Å²) < 4.78 is 45.6. The predicted molar refractivity (Wildman–Crippen MR) is 72.1 cm³/mol. The topological polar surface area (TPSA) is 26.3 Å². The first-order valence-electron chi connectivity index (χ1n) is 6.24. The standard InChI is InChI=1S/C16H13F3O2/c1-9-6-11(13(18)8-12(9)17)14(20)7-10-4-3-5-15(21-2)16(10)19/h3-6,8H,7H2,1-2H3. The lowest BCUT2D eigenvalue weighted by molar-refractivity contribution is 0.0987. The summed E-state index contributed by atoms with van der Waals surface area (Å²) in [5, 5.41) is 0. The molecule has 2 aromatic rings. The highest BCUT2D eigenvalue weighted by molar-refractivity contribution is 5.98. The van der Waals surface area contributed by atoms with Gasteiger partial charge in [-0.05, 0) is 30.2 Å². The molecule has 0 aliphatic rings. The molecule has 21 heavy (non-hydrogen) atoms. The average molecular weight is 294 g/mol. The van der Waals surface area contributed by atoms with Crippen LogP contribution in [0.15, 0.2) is 30.3 Å². The fourth-order valence-electron chi connectivity index (χ4n) is 1.99. The lowest BCUT2D eigenvalue weighted by Crippen LogP contribution is -2.09. The second-order valence-electron chi connectivity index (χ2n) is 4.61. The van der Waals surface area contributed by atoms with Crippen molar-refractivity contribution in [2.75, 3.05) is 7.11 Å². The van der Waals surface area contributed by atoms with E-state index in [-0.39, 0.29) is 28.9 Å². The molecule has 0 N–H and O–H groups in total. The van der Waals surface area contributed by atoms with Crippen molar-refractivity contribution in [3.05, 3.63) is 64.5 Å². The first kappa shape index (κ1) is 15.1. The number of aryl methyl sites for hydroxylation is 1. The van der Waals surface area contributed by atoms with Crippen molar-refractivity contribution in [1.29, 1.82) is 0 Å². The van der Waals surface area contributed by atoms with Gasteiger partial charge < -0.3 is 4.74 Å². The predicted octanol–water partition coefficient (Wildman–Crippen LogP) is 3.85. The number of carbonyl (C=O) groups is 1. The summed E-state index contributed by atoms with van der Waals surface area (Å²) >= 11 is 0. The van der Waals surface area contributed by atoms with E-state index in [1.54, 1.807) is 0 Å². The summed E-state index contributed by atoms with van der Waals surface area (Å²) in [6.07, 6.45) is -0.328. The number of hydrogen-bond donors (Lipinski definition) is 0. The second-order valence-corrected chi connectivity index (χ2v) is 4.61. The van der Waals surface area contributed by atoms with E-state index in [0.717, 1.165) is 6.07 Å². The largest absolute Gasteiger partial charge is 0.494 e. The van der Waals surface area contributed by atoms with Gasteiger partial charge in [0, 0.05) is 12.5 Å². The van der Waals surface area contributed by atoms with E-state index >= 15 is 0 Å². The van der Waals surface area contributed by atoms with Gasteiger partial charge in [-0.3, -0.25) is 4.79 Å². The maximum Gasteiger partial charge on any atom is 0.170 e. The molecule has 110 valence electrons. The number of methoxy groups -OCH3 is 1. The molecule has 0 heterocycles. The first-order valence-corrected chi connectivity index (χ1v) is 6.24. The highest BCUT2D eigenvalue weighted by atomic mass is 19.1. The number of halogens is 3. The lowest BCUT2D eigenvalue weighted by atomic mass is 10.00. The molecule has 0 fully saturated rings. The molecule has 5 heteroatoms. The van der Waals surface area contributed by atoms with Crippen LogP contribution in [0.1, 0.15) is 21.5 Å². The third-order valence-electron chi connectivity index (χ3n) is 3.16. The van der Waals surface area contributed by atoms with Crippen LogP contribution >= 0.6 is 0 Å². The minimum absolute atomic E-state index is 0.0102. The average Bonchev–Trinajstić information content (AvgIpc) is 2.45. The lowest BCUT2D eigenvalue weighted by Gasteiger charge is -2.08. The van der Waals surface area contributed by atoms with Crippen LogP contribution in [0.2, 0.25) is 0 Å². The van der Waals surface area contributed by atoms with Gasteiger partial charge >= 0.3 is 0 Å². The molecule has 0 unspecified atom stereocenters. The van der Waals surface area contributed by atoms with E-state index in [1.165, 1.54) is 32.2 Å². The third-order valence-corrected chi connectivity index (χ3v) is 3.16. The van der Waals surface area contributed by atoms with E-state index < -0.39 is 23.2 Å². The van der Waals surface area contributed by atoms with Gasteiger partial charge in [-0.25, -0.2) is 13.2 Å². The smallest absolute Gasteiger partial charge is 0.170 e. The third kappa shape index (κ3) is 3.07. The molecular formula is C16H13F3O2. The van der Waals surface area contributed by atoms with E-state index in [2.05, 4.69) is 0 Å². The van der Waals surface area contributed by atoms with Crippen molar-refractivity contribution in [2.45, 2.75) is 13.3 Å². The molecule has 0 aliphatic carbocycles. The Morgan fingerprint density at radius 3 is 2.52 bits per heavy atom. The molecule has 0 saturated carbocycles. The number of hydrogen-bond acceptors (Lipinski definition) is 2. The Morgan fingerprint density at radius 2 is 1.86 bits per heavy atom. The van der Waals surface area contributed by atoms with Crippen molar-refractivity contribution < 1.29 is 22.7 Å². The van der Waals surface area contributed by atoms with Gasteiger partial charge in [0.25, 0.3) is 0 Å². The Labute approximate surface area is 120 Å². The molecule has 0 amide bonds. The van der Waals surface area contributed by atoms with E-state index in [1.807, 2.05) is 0 Å². The van der Waals surface area contributed by atoms with Crippen LogP contribution in [-0.2, 0) is 6.42 Å². The molecule has 0 atom stereocenters. The van der Waals surface area contributed by atoms with Gasteiger partial charge in [-0.2, -0.15) is 0 Å². The summed E-state index contributed by atoms with van der Waals surface area (Å²) in [6.45, 7) is 1.43. The Morgan fingerprint density at radius 1 is 1.14 bits per heavy atom. The molecule has 0 radical (unpaired) electrons. The van der Waals surface area contributed by atoms with Crippen molar-refractivity contribution >= 4 is 5.78 Å². The molecule has 2 rings (SSSR count). The zero-order chi connectivity index (χ0) is 15.6. The zero-order valence-electron chi connectivity index (χ0n) is 11.5. The van der Waals surface area contributed by atoms with Crippen LogP contribution in [0.4, 0.5) is 13.2 Å². The molecule has 0 aromatic heterocycles. The van der Waals surface area contributed by atoms with Crippen LogP contribution in [0.5, 0.6) is 5.75 Å². The minimum Gasteiger partial charge on any atom is -0.494 e. The molecule has 0 aliphatic heterocycles. The van der Waals surface area contributed by atoms with Gasteiger partial charge in [0.1, 0.15) is 11.6 Å². The van der Waals surface area contributed by atoms with Crippen LogP contribution in [-0.4, -0.2) is 12.9 Å². The van der Waals surface area contributed by atoms with Gasteiger partial charge in [-0.1, -0.05) is 12.1 Å². The fraction of sp³-hybridized carbons (Fsp3) is 0.188. The fourth-order valence-corrected chi connectivity index (χ4v) is 1.99. The van der Waals surface area contributed by atoms with Crippen molar-refractivity contribution in [3.8, 4) is 5.75 Å². The van der Waals surface area contributed by atoms with Crippen LogP contribution in [0.3, 0.4) is 0 Å². The van der Waals surface area contributed by atoms with Crippen molar-refractivity contribution in [1.82, 2.24) is 0 Å². The number of ether oxygens (including phenoxy) is 1. The van der Waals surface area contributed by atoms with Crippen LogP contribution in [0, 0.1) is 24.4 Å². The Balaban J connectivity index is 2.33. The van der Waals surface area contributed by atoms with Gasteiger partial charge in [0.05, 0.1) is 12.7 Å². The monoisotopic (exact) mass is 294 g/mol. The van der Waals surface area contributed by atoms with Crippen molar-refractivity contribution in [3.63, 3.8) is 0 Å². The SMILES string of the molecule is COc1cccc(CC(=O)c2cc(C)c(F)cc2F)c1F. The Kier molecular flexibility index (Phi) is 4.31. The van der Waals surface area contributed by atoms with E-state index in [4.69, 9.17) is 4.74 Å². The van der Waals surface area contributed by atoms with Gasteiger partial charge in [-0.15, -0.1) is 0 Å². The number of rotatable bonds is 4.